The van der Waals surface area contributed by atoms with Crippen LogP contribution in [0.4, 0.5) is 5.69 Å². The van der Waals surface area contributed by atoms with E-state index in [2.05, 4.69) is 0 Å². The molecule has 0 unspecified atom stereocenters. The standard InChI is InChI=1S/C10H9ClINO/c1-13(10(14)9(12)7-11)8-5-3-2-4-6-8/h2-7H,1H3/b9-7+. The van der Waals surface area contributed by atoms with E-state index in [0.717, 1.165) is 5.69 Å². The van der Waals surface area contributed by atoms with Crippen molar-refractivity contribution < 1.29 is 4.79 Å². The first kappa shape index (κ1) is 11.5. The number of halogens is 2. The largest absolute Gasteiger partial charge is 0.311 e. The summed E-state index contributed by atoms with van der Waals surface area (Å²) in [5, 5.41) is 0. The number of benzene rings is 1. The summed E-state index contributed by atoms with van der Waals surface area (Å²) >= 11 is 7.37. The van der Waals surface area contributed by atoms with E-state index >= 15 is 0 Å². The molecule has 2 nitrogen and oxygen atoms in total. The van der Waals surface area contributed by atoms with Crippen LogP contribution < -0.4 is 4.90 Å². The third-order valence-corrected chi connectivity index (χ3v) is 3.11. The molecule has 1 amide bonds. The van der Waals surface area contributed by atoms with E-state index in [1.54, 1.807) is 11.9 Å². The Morgan fingerprint density at radius 2 is 2.00 bits per heavy atom. The van der Waals surface area contributed by atoms with Gasteiger partial charge in [-0.3, -0.25) is 4.79 Å². The average molecular weight is 322 g/mol. The van der Waals surface area contributed by atoms with Crippen LogP contribution in [0, 0.1) is 0 Å². The minimum absolute atomic E-state index is 0.105. The summed E-state index contributed by atoms with van der Waals surface area (Å²) in [5.41, 5.74) is 2.13. The molecule has 0 aromatic heterocycles. The van der Waals surface area contributed by atoms with Crippen molar-refractivity contribution in [1.82, 2.24) is 0 Å². The molecule has 0 bridgehead atoms. The number of carbonyl (C=O) groups is 1. The average Bonchev–Trinajstić information content (AvgIpc) is 2.27. The Bertz CT molecular complexity index is 350. The van der Waals surface area contributed by atoms with Crippen molar-refractivity contribution in [2.24, 2.45) is 0 Å². The van der Waals surface area contributed by atoms with E-state index < -0.39 is 0 Å². The van der Waals surface area contributed by atoms with Crippen molar-refractivity contribution in [2.75, 3.05) is 11.9 Å². The Hall–Kier alpha value is -0.550. The van der Waals surface area contributed by atoms with Crippen molar-refractivity contribution >= 4 is 45.8 Å². The molecular formula is C10H9ClINO. The Morgan fingerprint density at radius 1 is 1.43 bits per heavy atom. The molecule has 0 N–H and O–H groups in total. The maximum atomic E-state index is 11.6. The Labute approximate surface area is 102 Å². The number of rotatable bonds is 2. The zero-order chi connectivity index (χ0) is 10.6. The lowest BCUT2D eigenvalue weighted by atomic mass is 10.3. The first-order valence-electron chi connectivity index (χ1n) is 3.96. The minimum atomic E-state index is -0.105. The van der Waals surface area contributed by atoms with Crippen LogP contribution >= 0.6 is 34.2 Å². The second-order valence-corrected chi connectivity index (χ2v) is 4.04. The zero-order valence-corrected chi connectivity index (χ0v) is 10.5. The van der Waals surface area contributed by atoms with Gasteiger partial charge in [0.15, 0.2) is 0 Å². The molecule has 4 heteroatoms. The fourth-order valence-corrected chi connectivity index (χ4v) is 1.43. The molecule has 0 aliphatic carbocycles. The maximum Gasteiger partial charge on any atom is 0.265 e. The Kier molecular flexibility index (Phi) is 4.41. The predicted molar refractivity (Wildman–Crippen MR) is 67.8 cm³/mol. The van der Waals surface area contributed by atoms with Crippen LogP contribution in [0.2, 0.25) is 0 Å². The minimum Gasteiger partial charge on any atom is -0.311 e. The van der Waals surface area contributed by atoms with Crippen molar-refractivity contribution in [3.05, 3.63) is 39.4 Å². The second kappa shape index (κ2) is 5.36. The Balaban J connectivity index is 2.87. The molecule has 0 atom stereocenters. The monoisotopic (exact) mass is 321 g/mol. The molecule has 1 rings (SSSR count). The number of para-hydroxylation sites is 1. The van der Waals surface area contributed by atoms with E-state index in [4.69, 9.17) is 11.6 Å². The fourth-order valence-electron chi connectivity index (χ4n) is 0.976. The molecule has 14 heavy (non-hydrogen) atoms. The summed E-state index contributed by atoms with van der Waals surface area (Å²) in [5.74, 6) is -0.105. The highest BCUT2D eigenvalue weighted by molar-refractivity contribution is 14.1. The predicted octanol–water partition coefficient (Wildman–Crippen LogP) is 3.16. The van der Waals surface area contributed by atoms with Crippen molar-refractivity contribution in [3.63, 3.8) is 0 Å². The molecule has 0 heterocycles. The van der Waals surface area contributed by atoms with Crippen molar-refractivity contribution in [2.45, 2.75) is 0 Å². The van der Waals surface area contributed by atoms with Gasteiger partial charge in [0, 0.05) is 18.3 Å². The Morgan fingerprint density at radius 3 is 2.50 bits per heavy atom. The highest BCUT2D eigenvalue weighted by Gasteiger charge is 2.12. The molecule has 0 spiro atoms. The first-order chi connectivity index (χ1) is 6.66. The molecule has 0 saturated heterocycles. The summed E-state index contributed by atoms with van der Waals surface area (Å²) in [6.45, 7) is 0. The molecule has 0 radical (unpaired) electrons. The van der Waals surface area contributed by atoms with Gasteiger partial charge in [0.05, 0.1) is 3.58 Å². The quantitative estimate of drug-likeness (QED) is 0.605. The maximum absolute atomic E-state index is 11.6. The van der Waals surface area contributed by atoms with Gasteiger partial charge in [-0.15, -0.1) is 0 Å². The van der Waals surface area contributed by atoms with Crippen molar-refractivity contribution in [3.8, 4) is 0 Å². The number of amides is 1. The van der Waals surface area contributed by atoms with Gasteiger partial charge in [0.25, 0.3) is 5.91 Å². The SMILES string of the molecule is CN(C(=O)/C(I)=C\Cl)c1ccccc1. The first-order valence-corrected chi connectivity index (χ1v) is 5.47. The van der Waals surface area contributed by atoms with Gasteiger partial charge in [-0.05, 0) is 34.7 Å². The van der Waals surface area contributed by atoms with E-state index in [0.29, 0.717) is 3.58 Å². The van der Waals surface area contributed by atoms with Gasteiger partial charge < -0.3 is 4.90 Å². The van der Waals surface area contributed by atoms with Gasteiger partial charge >= 0.3 is 0 Å². The lowest BCUT2D eigenvalue weighted by Gasteiger charge is -2.16. The van der Waals surface area contributed by atoms with Gasteiger partial charge in [-0.25, -0.2) is 0 Å². The topological polar surface area (TPSA) is 20.3 Å². The van der Waals surface area contributed by atoms with Crippen LogP contribution in [-0.4, -0.2) is 13.0 Å². The summed E-state index contributed by atoms with van der Waals surface area (Å²) in [4.78, 5) is 13.2. The molecule has 0 fully saturated rings. The number of likely N-dealkylation sites (N-methyl/N-ethyl adjacent to an activating group) is 1. The van der Waals surface area contributed by atoms with Crippen LogP contribution in [0.1, 0.15) is 0 Å². The van der Waals surface area contributed by atoms with Gasteiger partial charge in [-0.2, -0.15) is 0 Å². The molecule has 0 aliphatic heterocycles. The third-order valence-electron chi connectivity index (χ3n) is 1.75. The van der Waals surface area contributed by atoms with E-state index in [9.17, 15) is 4.79 Å². The van der Waals surface area contributed by atoms with Crippen LogP contribution in [-0.2, 0) is 4.79 Å². The molecule has 1 aromatic carbocycles. The highest BCUT2D eigenvalue weighted by Crippen LogP contribution is 2.17. The molecular weight excluding hydrogens is 312 g/mol. The summed E-state index contributed by atoms with van der Waals surface area (Å²) < 4.78 is 0.496. The number of hydrogen-bond acceptors (Lipinski definition) is 1. The van der Waals surface area contributed by atoms with Crippen LogP contribution in [0.25, 0.3) is 0 Å². The van der Waals surface area contributed by atoms with Gasteiger partial charge in [0.1, 0.15) is 0 Å². The van der Waals surface area contributed by atoms with E-state index in [1.165, 1.54) is 5.54 Å². The lowest BCUT2D eigenvalue weighted by molar-refractivity contribution is -0.114. The lowest BCUT2D eigenvalue weighted by Crippen LogP contribution is -2.25. The molecule has 0 aliphatic rings. The summed E-state index contributed by atoms with van der Waals surface area (Å²) in [6.07, 6.45) is 0. The molecule has 0 saturated carbocycles. The number of anilines is 1. The van der Waals surface area contributed by atoms with Crippen molar-refractivity contribution in [1.29, 1.82) is 0 Å². The zero-order valence-electron chi connectivity index (χ0n) is 7.58. The number of hydrogen-bond donors (Lipinski definition) is 0. The van der Waals surface area contributed by atoms with Gasteiger partial charge in [0.2, 0.25) is 0 Å². The number of nitrogens with zero attached hydrogens (tertiary/aromatic N) is 1. The van der Waals surface area contributed by atoms with Crippen LogP contribution in [0.15, 0.2) is 39.4 Å². The molecule has 74 valence electrons. The second-order valence-electron chi connectivity index (χ2n) is 2.66. The smallest absolute Gasteiger partial charge is 0.265 e. The third kappa shape index (κ3) is 2.72. The normalized spacial score (nSPS) is 11.2. The van der Waals surface area contributed by atoms with Gasteiger partial charge in [-0.1, -0.05) is 29.8 Å². The summed E-state index contributed by atoms with van der Waals surface area (Å²) in [7, 11) is 1.72. The summed E-state index contributed by atoms with van der Waals surface area (Å²) in [6, 6.07) is 9.42. The van der Waals surface area contributed by atoms with Crippen LogP contribution in [0.5, 0.6) is 0 Å². The molecule has 1 aromatic rings. The highest BCUT2D eigenvalue weighted by atomic mass is 127. The fraction of sp³-hybridized carbons (Fsp3) is 0.100. The van der Waals surface area contributed by atoms with Crippen LogP contribution in [0.3, 0.4) is 0 Å². The van der Waals surface area contributed by atoms with E-state index in [-0.39, 0.29) is 5.91 Å². The number of carbonyl (C=O) groups excluding carboxylic acids is 1. The van der Waals surface area contributed by atoms with E-state index in [1.807, 2.05) is 52.9 Å².